The van der Waals surface area contributed by atoms with Crippen LogP contribution in [-0.4, -0.2) is 5.11 Å². The van der Waals surface area contributed by atoms with E-state index in [0.717, 1.165) is 11.5 Å². The number of hydrogen-bond acceptors (Lipinski definition) is 1. The van der Waals surface area contributed by atoms with Gasteiger partial charge in [-0.05, 0) is 23.5 Å². The van der Waals surface area contributed by atoms with Crippen LogP contribution >= 0.6 is 0 Å². The predicted octanol–water partition coefficient (Wildman–Crippen LogP) is 3.94. The van der Waals surface area contributed by atoms with Gasteiger partial charge in [-0.15, -0.1) is 0 Å². The van der Waals surface area contributed by atoms with Crippen molar-refractivity contribution in [3.8, 4) is 0 Å². The third kappa shape index (κ3) is 4.36. The van der Waals surface area contributed by atoms with Crippen LogP contribution in [0.15, 0.2) is 24.3 Å². The van der Waals surface area contributed by atoms with Crippen molar-refractivity contribution < 1.29 is 5.11 Å². The molecule has 1 atom stereocenters. The summed E-state index contributed by atoms with van der Waals surface area (Å²) in [5.74, 6) is 0.819. The van der Waals surface area contributed by atoms with Gasteiger partial charge in [-0.2, -0.15) is 0 Å². The van der Waals surface area contributed by atoms with Crippen LogP contribution in [0.25, 0.3) is 0 Å². The van der Waals surface area contributed by atoms with Crippen LogP contribution in [0.4, 0.5) is 0 Å². The average molecular weight is 220 g/mol. The molecule has 1 aromatic carbocycles. The van der Waals surface area contributed by atoms with E-state index in [1.807, 2.05) is 12.1 Å². The van der Waals surface area contributed by atoms with Gasteiger partial charge in [-0.3, -0.25) is 0 Å². The van der Waals surface area contributed by atoms with Crippen molar-refractivity contribution in [1.29, 1.82) is 0 Å². The zero-order valence-corrected chi connectivity index (χ0v) is 10.6. The molecule has 0 aromatic heterocycles. The molecule has 90 valence electrons. The van der Waals surface area contributed by atoms with Crippen LogP contribution in [0.2, 0.25) is 0 Å². The maximum atomic E-state index is 8.97. The van der Waals surface area contributed by atoms with Crippen LogP contribution < -0.4 is 0 Å². The zero-order chi connectivity index (χ0) is 11.8. The van der Waals surface area contributed by atoms with Gasteiger partial charge in [0.2, 0.25) is 0 Å². The third-order valence-corrected chi connectivity index (χ3v) is 3.27. The number of benzene rings is 1. The van der Waals surface area contributed by atoms with Gasteiger partial charge >= 0.3 is 0 Å². The monoisotopic (exact) mass is 220 g/mol. The summed E-state index contributed by atoms with van der Waals surface area (Å²) in [6, 6.07) is 8.37. The summed E-state index contributed by atoms with van der Waals surface area (Å²) < 4.78 is 0. The lowest BCUT2D eigenvalue weighted by molar-refractivity contribution is 0.282. The smallest absolute Gasteiger partial charge is 0.0681 e. The largest absolute Gasteiger partial charge is 0.392 e. The Bertz CT molecular complexity index is 276. The molecule has 0 amide bonds. The summed E-state index contributed by atoms with van der Waals surface area (Å²) in [5, 5.41) is 8.97. The van der Waals surface area contributed by atoms with Crippen LogP contribution in [0.3, 0.4) is 0 Å². The van der Waals surface area contributed by atoms with Crippen LogP contribution in [-0.2, 0) is 13.0 Å². The molecule has 0 aliphatic carbocycles. The molecule has 0 aliphatic heterocycles. The van der Waals surface area contributed by atoms with Gasteiger partial charge in [0.15, 0.2) is 0 Å². The molecular weight excluding hydrogens is 196 g/mol. The minimum Gasteiger partial charge on any atom is -0.392 e. The summed E-state index contributed by atoms with van der Waals surface area (Å²) in [6.07, 6.45) is 6.42. The van der Waals surface area contributed by atoms with Gasteiger partial charge in [0.25, 0.3) is 0 Å². The van der Waals surface area contributed by atoms with E-state index >= 15 is 0 Å². The summed E-state index contributed by atoms with van der Waals surface area (Å²) in [4.78, 5) is 0. The third-order valence-electron chi connectivity index (χ3n) is 3.27. The molecule has 0 saturated heterocycles. The zero-order valence-electron chi connectivity index (χ0n) is 10.6. The number of aliphatic hydroxyl groups excluding tert-OH is 1. The Hall–Kier alpha value is -0.820. The molecular formula is C15H24O. The highest BCUT2D eigenvalue weighted by atomic mass is 16.3. The van der Waals surface area contributed by atoms with Crippen LogP contribution in [0.5, 0.6) is 0 Å². The van der Waals surface area contributed by atoms with E-state index in [0.29, 0.717) is 0 Å². The molecule has 0 fully saturated rings. The molecule has 0 bridgehead atoms. The number of unbranched alkanes of at least 4 members (excludes halogenated alkanes) is 1. The molecule has 1 nitrogen and oxygen atoms in total. The Morgan fingerprint density at radius 1 is 1.06 bits per heavy atom. The van der Waals surface area contributed by atoms with Crippen molar-refractivity contribution in [3.63, 3.8) is 0 Å². The Morgan fingerprint density at radius 3 is 2.19 bits per heavy atom. The lowest BCUT2D eigenvalue weighted by Gasteiger charge is -2.14. The number of aliphatic hydroxyl groups is 1. The van der Waals surface area contributed by atoms with Crippen molar-refractivity contribution in [1.82, 2.24) is 0 Å². The summed E-state index contributed by atoms with van der Waals surface area (Å²) >= 11 is 0. The normalized spacial score (nSPS) is 12.7. The van der Waals surface area contributed by atoms with Crippen molar-refractivity contribution in [2.75, 3.05) is 0 Å². The molecule has 16 heavy (non-hydrogen) atoms. The predicted molar refractivity (Wildman–Crippen MR) is 69.4 cm³/mol. The van der Waals surface area contributed by atoms with Gasteiger partial charge in [0.05, 0.1) is 6.61 Å². The van der Waals surface area contributed by atoms with Crippen molar-refractivity contribution in [3.05, 3.63) is 35.4 Å². The second kappa shape index (κ2) is 7.45. The highest BCUT2D eigenvalue weighted by Crippen LogP contribution is 2.18. The summed E-state index contributed by atoms with van der Waals surface area (Å²) in [7, 11) is 0. The molecule has 0 radical (unpaired) electrons. The van der Waals surface area contributed by atoms with Crippen LogP contribution in [0, 0.1) is 5.92 Å². The fourth-order valence-electron chi connectivity index (χ4n) is 2.06. The SMILES string of the molecule is CCCCC(CC)Cc1ccc(CO)cc1. The highest BCUT2D eigenvalue weighted by molar-refractivity contribution is 5.22. The van der Waals surface area contributed by atoms with Crippen molar-refractivity contribution in [2.24, 2.45) is 5.92 Å². The molecule has 1 aromatic rings. The Kier molecular flexibility index (Phi) is 6.17. The van der Waals surface area contributed by atoms with E-state index in [1.165, 1.54) is 37.7 Å². The fraction of sp³-hybridized carbons (Fsp3) is 0.600. The maximum Gasteiger partial charge on any atom is 0.0681 e. The number of rotatable bonds is 7. The molecule has 0 saturated carbocycles. The van der Waals surface area contributed by atoms with Gasteiger partial charge in [-0.25, -0.2) is 0 Å². The van der Waals surface area contributed by atoms with Gasteiger partial charge in [-0.1, -0.05) is 63.8 Å². The van der Waals surface area contributed by atoms with Gasteiger partial charge < -0.3 is 5.11 Å². The molecule has 1 unspecified atom stereocenters. The second-order valence-corrected chi connectivity index (χ2v) is 4.60. The second-order valence-electron chi connectivity index (χ2n) is 4.60. The van der Waals surface area contributed by atoms with E-state index in [2.05, 4.69) is 26.0 Å². The lowest BCUT2D eigenvalue weighted by Crippen LogP contribution is -2.03. The van der Waals surface area contributed by atoms with Crippen molar-refractivity contribution in [2.45, 2.75) is 52.6 Å². The first-order valence-corrected chi connectivity index (χ1v) is 6.48. The summed E-state index contributed by atoms with van der Waals surface area (Å²) in [6.45, 7) is 4.68. The van der Waals surface area contributed by atoms with Gasteiger partial charge in [0, 0.05) is 0 Å². The Morgan fingerprint density at radius 2 is 1.69 bits per heavy atom. The standard InChI is InChI=1S/C15H24O/c1-3-5-6-13(4-2)11-14-7-9-15(12-16)10-8-14/h7-10,13,16H,3-6,11-12H2,1-2H3. The van der Waals surface area contributed by atoms with Gasteiger partial charge in [0.1, 0.15) is 0 Å². The topological polar surface area (TPSA) is 20.2 Å². The molecule has 0 spiro atoms. The van der Waals surface area contributed by atoms with Crippen LogP contribution in [0.1, 0.15) is 50.7 Å². The first kappa shape index (κ1) is 13.2. The van der Waals surface area contributed by atoms with E-state index in [4.69, 9.17) is 5.11 Å². The van der Waals surface area contributed by atoms with E-state index in [1.54, 1.807) is 0 Å². The quantitative estimate of drug-likeness (QED) is 0.738. The molecule has 0 heterocycles. The highest BCUT2D eigenvalue weighted by Gasteiger charge is 2.06. The number of hydrogen-bond donors (Lipinski definition) is 1. The molecule has 0 aliphatic rings. The minimum absolute atomic E-state index is 0.146. The van der Waals surface area contributed by atoms with E-state index in [9.17, 15) is 0 Å². The first-order chi connectivity index (χ1) is 7.80. The van der Waals surface area contributed by atoms with Crippen molar-refractivity contribution >= 4 is 0 Å². The van der Waals surface area contributed by atoms with E-state index < -0.39 is 0 Å². The Balaban J connectivity index is 2.49. The molecule has 1 N–H and O–H groups in total. The first-order valence-electron chi connectivity index (χ1n) is 6.48. The summed E-state index contributed by atoms with van der Waals surface area (Å²) in [5.41, 5.74) is 2.41. The fourth-order valence-corrected chi connectivity index (χ4v) is 2.06. The van der Waals surface area contributed by atoms with E-state index in [-0.39, 0.29) is 6.61 Å². The minimum atomic E-state index is 0.146. The maximum absolute atomic E-state index is 8.97. The average Bonchev–Trinajstić information content (AvgIpc) is 2.35. The lowest BCUT2D eigenvalue weighted by atomic mass is 9.92. The molecule has 1 rings (SSSR count). The Labute approximate surface area is 99.5 Å². The molecule has 1 heteroatoms.